The van der Waals surface area contributed by atoms with Crippen LogP contribution in [0.4, 0.5) is 0 Å². The quantitative estimate of drug-likeness (QED) is 0.865. The van der Waals surface area contributed by atoms with E-state index in [0.29, 0.717) is 5.89 Å². The predicted octanol–water partition coefficient (Wildman–Crippen LogP) is 4.81. The van der Waals surface area contributed by atoms with E-state index in [1.165, 1.54) is 0 Å². The van der Waals surface area contributed by atoms with E-state index in [1.54, 1.807) is 6.20 Å². The number of hydrogen-bond acceptors (Lipinski definition) is 3. The number of nitrogens with zero attached hydrogens (tertiary/aromatic N) is 1. The lowest BCUT2D eigenvalue weighted by Gasteiger charge is -2.19. The molecule has 0 saturated carbocycles. The maximum absolute atomic E-state index is 6.25. The maximum Gasteiger partial charge on any atom is 0.211 e. The van der Waals surface area contributed by atoms with Crippen LogP contribution in [-0.2, 0) is 0 Å². The van der Waals surface area contributed by atoms with Gasteiger partial charge < -0.3 is 4.42 Å². The molecular weight excluding hydrogens is 328 g/mol. The molecule has 1 N–H and O–H groups in total. The molecule has 0 aliphatic rings. The van der Waals surface area contributed by atoms with Crippen molar-refractivity contribution in [3.05, 3.63) is 51.1 Å². The molecule has 0 aliphatic carbocycles. The SMILES string of the molecule is Cc1cnc(C(C)NC(C)c2ccc(Br)cc2Cl)o1. The van der Waals surface area contributed by atoms with Gasteiger partial charge in [-0.15, -0.1) is 0 Å². The van der Waals surface area contributed by atoms with Gasteiger partial charge in [-0.3, -0.25) is 5.32 Å². The molecule has 0 bridgehead atoms. The van der Waals surface area contributed by atoms with Crippen LogP contribution in [0.3, 0.4) is 0 Å². The summed E-state index contributed by atoms with van der Waals surface area (Å²) in [5.41, 5.74) is 1.06. The third-order valence-corrected chi connectivity index (χ3v) is 3.76. The Hall–Kier alpha value is -0.840. The predicted molar refractivity (Wildman–Crippen MR) is 80.4 cm³/mol. The van der Waals surface area contributed by atoms with Crippen LogP contribution >= 0.6 is 27.5 Å². The second-order valence-corrected chi connectivity index (χ2v) is 5.91. The lowest BCUT2D eigenvalue weighted by atomic mass is 10.1. The first-order chi connectivity index (χ1) is 8.97. The van der Waals surface area contributed by atoms with Gasteiger partial charge in [0.1, 0.15) is 5.76 Å². The Balaban J connectivity index is 2.10. The second kappa shape index (κ2) is 6.07. The molecule has 1 heterocycles. The van der Waals surface area contributed by atoms with Gasteiger partial charge in [-0.2, -0.15) is 0 Å². The zero-order valence-electron chi connectivity index (χ0n) is 11.1. The molecule has 19 heavy (non-hydrogen) atoms. The molecule has 0 fully saturated rings. The van der Waals surface area contributed by atoms with E-state index < -0.39 is 0 Å². The van der Waals surface area contributed by atoms with Crippen molar-refractivity contribution in [1.82, 2.24) is 10.3 Å². The molecule has 0 radical (unpaired) electrons. The van der Waals surface area contributed by atoms with Crippen molar-refractivity contribution in [3.63, 3.8) is 0 Å². The molecule has 2 rings (SSSR count). The first-order valence-corrected chi connectivity index (χ1v) is 7.28. The van der Waals surface area contributed by atoms with Crippen molar-refractivity contribution >= 4 is 27.5 Å². The highest BCUT2D eigenvalue weighted by Gasteiger charge is 2.16. The minimum absolute atomic E-state index is 0.0309. The van der Waals surface area contributed by atoms with E-state index in [9.17, 15) is 0 Å². The Kier molecular flexibility index (Phi) is 4.66. The van der Waals surface area contributed by atoms with Crippen molar-refractivity contribution in [1.29, 1.82) is 0 Å². The van der Waals surface area contributed by atoms with Gasteiger partial charge >= 0.3 is 0 Å². The van der Waals surface area contributed by atoms with Crippen LogP contribution in [0.2, 0.25) is 5.02 Å². The average Bonchev–Trinajstić information content (AvgIpc) is 2.75. The van der Waals surface area contributed by atoms with Crippen LogP contribution in [0.25, 0.3) is 0 Å². The lowest BCUT2D eigenvalue weighted by Crippen LogP contribution is -2.23. The first-order valence-electron chi connectivity index (χ1n) is 6.10. The fraction of sp³-hybridized carbons (Fsp3) is 0.357. The number of rotatable bonds is 4. The van der Waals surface area contributed by atoms with Crippen LogP contribution in [0.1, 0.15) is 43.1 Å². The van der Waals surface area contributed by atoms with Gasteiger partial charge in [0.15, 0.2) is 0 Å². The van der Waals surface area contributed by atoms with Gasteiger partial charge in [0, 0.05) is 15.5 Å². The van der Waals surface area contributed by atoms with Gasteiger partial charge in [0.25, 0.3) is 0 Å². The summed E-state index contributed by atoms with van der Waals surface area (Å²) in [6.07, 6.45) is 1.73. The smallest absolute Gasteiger partial charge is 0.211 e. The Morgan fingerprint density at radius 3 is 2.63 bits per heavy atom. The van der Waals surface area contributed by atoms with Crippen LogP contribution in [0, 0.1) is 6.92 Å². The Bertz CT molecular complexity index is 570. The molecule has 2 unspecified atom stereocenters. The third-order valence-electron chi connectivity index (χ3n) is 2.94. The minimum Gasteiger partial charge on any atom is -0.444 e. The van der Waals surface area contributed by atoms with Crippen molar-refractivity contribution < 1.29 is 4.42 Å². The molecule has 0 amide bonds. The van der Waals surface area contributed by atoms with E-state index in [0.717, 1.165) is 20.8 Å². The van der Waals surface area contributed by atoms with Crippen molar-refractivity contribution in [2.45, 2.75) is 32.9 Å². The molecule has 5 heteroatoms. The van der Waals surface area contributed by atoms with Crippen LogP contribution in [-0.4, -0.2) is 4.98 Å². The van der Waals surface area contributed by atoms with Gasteiger partial charge in [-0.05, 0) is 38.5 Å². The summed E-state index contributed by atoms with van der Waals surface area (Å²) in [4.78, 5) is 4.23. The summed E-state index contributed by atoms with van der Waals surface area (Å²) in [5.74, 6) is 1.51. The van der Waals surface area contributed by atoms with Crippen molar-refractivity contribution in [3.8, 4) is 0 Å². The number of oxazole rings is 1. The lowest BCUT2D eigenvalue weighted by molar-refractivity contribution is 0.380. The maximum atomic E-state index is 6.25. The number of hydrogen-bond donors (Lipinski definition) is 1. The molecule has 2 aromatic rings. The van der Waals surface area contributed by atoms with Gasteiger partial charge in [0.2, 0.25) is 5.89 Å². The monoisotopic (exact) mass is 342 g/mol. The zero-order chi connectivity index (χ0) is 14.0. The molecule has 102 valence electrons. The van der Waals surface area contributed by atoms with Crippen molar-refractivity contribution in [2.75, 3.05) is 0 Å². The largest absolute Gasteiger partial charge is 0.444 e. The second-order valence-electron chi connectivity index (χ2n) is 4.59. The van der Waals surface area contributed by atoms with E-state index in [1.807, 2.05) is 32.0 Å². The van der Waals surface area contributed by atoms with Crippen molar-refractivity contribution in [2.24, 2.45) is 0 Å². The van der Waals surface area contributed by atoms with E-state index in [2.05, 4.69) is 33.2 Å². The molecule has 1 aromatic heterocycles. The summed E-state index contributed by atoms with van der Waals surface area (Å²) in [6.45, 7) is 5.98. The van der Waals surface area contributed by atoms with Crippen LogP contribution in [0.5, 0.6) is 0 Å². The summed E-state index contributed by atoms with van der Waals surface area (Å²) in [7, 11) is 0. The number of aryl methyl sites for hydroxylation is 1. The minimum atomic E-state index is 0.0309. The highest BCUT2D eigenvalue weighted by atomic mass is 79.9. The standard InChI is InChI=1S/C14H16BrClN2O/c1-8-7-17-14(19-8)10(3)18-9(2)12-5-4-11(15)6-13(12)16/h4-7,9-10,18H,1-3H3. The summed E-state index contributed by atoms with van der Waals surface area (Å²) in [5, 5.41) is 4.17. The van der Waals surface area contributed by atoms with Gasteiger partial charge in [-0.25, -0.2) is 4.98 Å². The van der Waals surface area contributed by atoms with E-state index >= 15 is 0 Å². The average molecular weight is 344 g/mol. The summed E-state index contributed by atoms with van der Waals surface area (Å²) in [6, 6.07) is 6.04. The molecule has 0 spiro atoms. The van der Waals surface area contributed by atoms with E-state index in [4.69, 9.17) is 16.0 Å². The third kappa shape index (κ3) is 3.59. The van der Waals surface area contributed by atoms with E-state index in [-0.39, 0.29) is 12.1 Å². The van der Waals surface area contributed by atoms with Crippen LogP contribution < -0.4 is 5.32 Å². The molecule has 0 saturated heterocycles. The Morgan fingerprint density at radius 1 is 1.32 bits per heavy atom. The molecule has 0 aliphatic heterocycles. The van der Waals surface area contributed by atoms with Gasteiger partial charge in [0.05, 0.1) is 12.2 Å². The first kappa shape index (κ1) is 14.6. The zero-order valence-corrected chi connectivity index (χ0v) is 13.4. The fourth-order valence-corrected chi connectivity index (χ4v) is 2.80. The Morgan fingerprint density at radius 2 is 2.05 bits per heavy atom. The number of aromatic nitrogens is 1. The molecule has 2 atom stereocenters. The normalized spacial score (nSPS) is 14.4. The number of halogens is 2. The molecular formula is C14H16BrClN2O. The number of nitrogens with one attached hydrogen (secondary N) is 1. The van der Waals surface area contributed by atoms with Gasteiger partial charge in [-0.1, -0.05) is 33.6 Å². The molecule has 3 nitrogen and oxygen atoms in total. The highest BCUT2D eigenvalue weighted by Crippen LogP contribution is 2.28. The topological polar surface area (TPSA) is 38.1 Å². The summed E-state index contributed by atoms with van der Waals surface area (Å²) < 4.78 is 6.49. The Labute approximate surface area is 126 Å². The summed E-state index contributed by atoms with van der Waals surface area (Å²) >= 11 is 9.65. The van der Waals surface area contributed by atoms with Crippen LogP contribution in [0.15, 0.2) is 33.3 Å². The molecule has 1 aromatic carbocycles. The number of benzene rings is 1. The fourth-order valence-electron chi connectivity index (χ4n) is 1.96. The highest BCUT2D eigenvalue weighted by molar-refractivity contribution is 9.10.